The third kappa shape index (κ3) is 6.04. The number of benzene rings is 2. The molecule has 0 aliphatic carbocycles. The standard InChI is InChI=1S/C22H28FN3O2/c1-17-6-8-19(9-7-17)21(16-26-12-14-28-15-13-26)25-22(27)24-11-10-18-4-2-3-5-20(18)23/h2-9,21H,10-16H2,1H3,(H2,24,25,27)/t21-/m0/s1. The van der Waals surface area contributed by atoms with Gasteiger partial charge in [-0.25, -0.2) is 9.18 Å². The number of carbonyl (C=O) groups is 1. The van der Waals surface area contributed by atoms with E-state index in [-0.39, 0.29) is 17.9 Å². The summed E-state index contributed by atoms with van der Waals surface area (Å²) in [6.07, 6.45) is 0.457. The van der Waals surface area contributed by atoms with Crippen LogP contribution in [0, 0.1) is 12.7 Å². The van der Waals surface area contributed by atoms with E-state index in [1.54, 1.807) is 18.2 Å². The van der Waals surface area contributed by atoms with E-state index in [9.17, 15) is 9.18 Å². The Kier molecular flexibility index (Phi) is 7.39. The van der Waals surface area contributed by atoms with Crippen LogP contribution >= 0.6 is 0 Å². The normalized spacial score (nSPS) is 15.8. The maximum absolute atomic E-state index is 13.7. The van der Waals surface area contributed by atoms with Gasteiger partial charge in [0.25, 0.3) is 0 Å². The zero-order valence-corrected chi connectivity index (χ0v) is 16.3. The van der Waals surface area contributed by atoms with Gasteiger partial charge in [0.1, 0.15) is 5.82 Å². The molecule has 0 spiro atoms. The Morgan fingerprint density at radius 1 is 1.14 bits per heavy atom. The Morgan fingerprint density at radius 3 is 2.57 bits per heavy atom. The SMILES string of the molecule is Cc1ccc([C@H](CN2CCOCC2)NC(=O)NCCc2ccccc2F)cc1. The molecule has 0 aromatic heterocycles. The topological polar surface area (TPSA) is 53.6 Å². The molecule has 1 fully saturated rings. The first-order valence-electron chi connectivity index (χ1n) is 9.76. The van der Waals surface area contributed by atoms with Gasteiger partial charge in [0.05, 0.1) is 19.3 Å². The third-order valence-electron chi connectivity index (χ3n) is 4.97. The van der Waals surface area contributed by atoms with E-state index < -0.39 is 0 Å². The zero-order valence-electron chi connectivity index (χ0n) is 16.3. The summed E-state index contributed by atoms with van der Waals surface area (Å²) in [5, 5.41) is 5.92. The Bertz CT molecular complexity index is 761. The molecule has 0 bridgehead atoms. The van der Waals surface area contributed by atoms with Gasteiger partial charge in [-0.2, -0.15) is 0 Å². The Balaban J connectivity index is 1.57. The highest BCUT2D eigenvalue weighted by Gasteiger charge is 2.20. The fourth-order valence-corrected chi connectivity index (χ4v) is 3.30. The van der Waals surface area contributed by atoms with E-state index >= 15 is 0 Å². The number of halogens is 1. The molecule has 2 aromatic carbocycles. The molecule has 1 atom stereocenters. The van der Waals surface area contributed by atoms with Gasteiger partial charge < -0.3 is 15.4 Å². The number of nitrogens with zero attached hydrogens (tertiary/aromatic N) is 1. The monoisotopic (exact) mass is 385 g/mol. The quantitative estimate of drug-likeness (QED) is 0.770. The van der Waals surface area contributed by atoms with Gasteiger partial charge in [0.15, 0.2) is 0 Å². The molecule has 0 saturated carbocycles. The van der Waals surface area contributed by atoms with Crippen LogP contribution in [0.4, 0.5) is 9.18 Å². The summed E-state index contributed by atoms with van der Waals surface area (Å²) in [7, 11) is 0. The van der Waals surface area contributed by atoms with Crippen molar-refractivity contribution in [2.75, 3.05) is 39.4 Å². The summed E-state index contributed by atoms with van der Waals surface area (Å²) in [5.41, 5.74) is 2.86. The number of hydrogen-bond acceptors (Lipinski definition) is 3. The van der Waals surface area contributed by atoms with Gasteiger partial charge in [-0.3, -0.25) is 4.90 Å². The number of hydrogen-bond donors (Lipinski definition) is 2. The van der Waals surface area contributed by atoms with E-state index in [4.69, 9.17) is 4.74 Å². The van der Waals surface area contributed by atoms with Crippen molar-refractivity contribution in [1.82, 2.24) is 15.5 Å². The van der Waals surface area contributed by atoms with Gasteiger partial charge in [-0.05, 0) is 30.5 Å². The van der Waals surface area contributed by atoms with Crippen molar-refractivity contribution in [3.63, 3.8) is 0 Å². The largest absolute Gasteiger partial charge is 0.379 e. The number of carbonyl (C=O) groups excluding carboxylic acids is 1. The highest BCUT2D eigenvalue weighted by atomic mass is 19.1. The number of rotatable bonds is 7. The molecule has 5 nitrogen and oxygen atoms in total. The number of aryl methyl sites for hydroxylation is 1. The lowest BCUT2D eigenvalue weighted by Gasteiger charge is -2.31. The smallest absolute Gasteiger partial charge is 0.315 e. The molecule has 6 heteroatoms. The van der Waals surface area contributed by atoms with Crippen molar-refractivity contribution in [1.29, 1.82) is 0 Å². The van der Waals surface area contributed by atoms with Crippen molar-refractivity contribution in [2.45, 2.75) is 19.4 Å². The number of nitrogens with one attached hydrogen (secondary N) is 2. The first kappa shape index (κ1) is 20.3. The van der Waals surface area contributed by atoms with E-state index in [1.807, 2.05) is 6.92 Å². The number of morpholine rings is 1. The summed E-state index contributed by atoms with van der Waals surface area (Å²) in [6, 6.07) is 14.5. The predicted octanol–water partition coefficient (Wildman–Crippen LogP) is 3.05. The minimum atomic E-state index is -0.241. The second-order valence-corrected chi connectivity index (χ2v) is 7.12. The second-order valence-electron chi connectivity index (χ2n) is 7.12. The molecule has 1 saturated heterocycles. The average Bonchev–Trinajstić information content (AvgIpc) is 2.70. The summed E-state index contributed by atoms with van der Waals surface area (Å²) < 4.78 is 19.1. The predicted molar refractivity (Wildman–Crippen MR) is 108 cm³/mol. The van der Waals surface area contributed by atoms with Crippen LogP contribution in [0.25, 0.3) is 0 Å². The van der Waals surface area contributed by atoms with Crippen LogP contribution in [-0.4, -0.2) is 50.3 Å². The summed E-state index contributed by atoms with van der Waals surface area (Å²) in [4.78, 5) is 14.8. The first-order valence-corrected chi connectivity index (χ1v) is 9.76. The summed E-state index contributed by atoms with van der Waals surface area (Å²) >= 11 is 0. The molecule has 1 heterocycles. The van der Waals surface area contributed by atoms with Gasteiger partial charge in [-0.1, -0.05) is 48.0 Å². The van der Waals surface area contributed by atoms with Crippen molar-refractivity contribution in [3.8, 4) is 0 Å². The van der Waals surface area contributed by atoms with Crippen LogP contribution in [0.15, 0.2) is 48.5 Å². The molecule has 3 rings (SSSR count). The van der Waals surface area contributed by atoms with E-state index in [2.05, 4.69) is 39.8 Å². The number of urea groups is 1. The Labute approximate surface area is 165 Å². The van der Waals surface area contributed by atoms with E-state index in [0.29, 0.717) is 18.5 Å². The van der Waals surface area contributed by atoms with Crippen LogP contribution in [0.1, 0.15) is 22.7 Å². The molecule has 150 valence electrons. The molecular weight excluding hydrogens is 357 g/mol. The molecule has 2 aromatic rings. The van der Waals surface area contributed by atoms with Crippen molar-refractivity contribution in [2.24, 2.45) is 0 Å². The molecule has 2 N–H and O–H groups in total. The van der Waals surface area contributed by atoms with Crippen LogP contribution in [-0.2, 0) is 11.2 Å². The Hall–Kier alpha value is -2.44. The van der Waals surface area contributed by atoms with E-state index in [1.165, 1.54) is 11.6 Å². The number of amides is 2. The molecule has 2 amide bonds. The van der Waals surface area contributed by atoms with Crippen LogP contribution < -0.4 is 10.6 Å². The van der Waals surface area contributed by atoms with Crippen molar-refractivity contribution in [3.05, 3.63) is 71.0 Å². The van der Waals surface area contributed by atoms with Crippen molar-refractivity contribution >= 4 is 6.03 Å². The molecular formula is C22H28FN3O2. The lowest BCUT2D eigenvalue weighted by Crippen LogP contribution is -2.45. The van der Waals surface area contributed by atoms with Gasteiger partial charge in [0.2, 0.25) is 0 Å². The second kappa shape index (κ2) is 10.2. The average molecular weight is 385 g/mol. The maximum Gasteiger partial charge on any atom is 0.315 e. The van der Waals surface area contributed by atoms with Gasteiger partial charge in [-0.15, -0.1) is 0 Å². The fraction of sp³-hybridized carbons (Fsp3) is 0.409. The van der Waals surface area contributed by atoms with Crippen LogP contribution in [0.2, 0.25) is 0 Å². The zero-order chi connectivity index (χ0) is 19.8. The van der Waals surface area contributed by atoms with Crippen LogP contribution in [0.5, 0.6) is 0 Å². The van der Waals surface area contributed by atoms with Gasteiger partial charge in [0, 0.05) is 26.2 Å². The highest BCUT2D eigenvalue weighted by Crippen LogP contribution is 2.16. The Morgan fingerprint density at radius 2 is 1.86 bits per heavy atom. The first-order chi connectivity index (χ1) is 13.6. The summed E-state index contributed by atoms with van der Waals surface area (Å²) in [5.74, 6) is -0.241. The minimum absolute atomic E-state index is 0.118. The molecule has 1 aliphatic heterocycles. The third-order valence-corrected chi connectivity index (χ3v) is 4.97. The molecule has 28 heavy (non-hydrogen) atoms. The molecule has 1 aliphatic rings. The van der Waals surface area contributed by atoms with E-state index in [0.717, 1.165) is 38.4 Å². The highest BCUT2D eigenvalue weighted by molar-refractivity contribution is 5.74. The maximum atomic E-state index is 13.7. The fourth-order valence-electron chi connectivity index (χ4n) is 3.30. The number of ether oxygens (including phenoxy) is 1. The molecule has 0 unspecified atom stereocenters. The van der Waals surface area contributed by atoms with Crippen molar-refractivity contribution < 1.29 is 13.9 Å². The lowest BCUT2D eigenvalue weighted by atomic mass is 10.0. The van der Waals surface area contributed by atoms with Crippen LogP contribution in [0.3, 0.4) is 0 Å². The van der Waals surface area contributed by atoms with Gasteiger partial charge >= 0.3 is 6.03 Å². The minimum Gasteiger partial charge on any atom is -0.379 e. The lowest BCUT2D eigenvalue weighted by molar-refractivity contribution is 0.0340. The summed E-state index contributed by atoms with van der Waals surface area (Å²) in [6.45, 7) is 6.31. The molecule has 0 radical (unpaired) electrons.